The Morgan fingerprint density at radius 3 is 2.82 bits per heavy atom. The van der Waals surface area contributed by atoms with E-state index in [0.717, 1.165) is 7.11 Å². The van der Waals surface area contributed by atoms with E-state index >= 15 is 0 Å². The summed E-state index contributed by atoms with van der Waals surface area (Å²) < 4.78 is 8.10. The molecule has 0 spiro atoms. The standard InChI is InChI=1S/C4H4N2O5/c1-10-3(7)2-4(8)11-5-6(2)9/h5H,1H3. The summed E-state index contributed by atoms with van der Waals surface area (Å²) in [5.41, 5.74) is -1.76. The Balaban J connectivity index is 3.21. The van der Waals surface area contributed by atoms with E-state index in [4.69, 9.17) is 0 Å². The molecule has 1 aromatic rings. The Kier molecular flexibility index (Phi) is 1.63. The maximum Gasteiger partial charge on any atom is 0.443 e. The first-order valence-corrected chi connectivity index (χ1v) is 2.56. The zero-order valence-electron chi connectivity index (χ0n) is 5.49. The van der Waals surface area contributed by atoms with Crippen molar-refractivity contribution in [3.8, 4) is 0 Å². The molecule has 0 bridgehead atoms. The van der Waals surface area contributed by atoms with Gasteiger partial charge in [-0.3, -0.25) is 4.52 Å². The van der Waals surface area contributed by atoms with Crippen LogP contribution in [0.3, 0.4) is 0 Å². The van der Waals surface area contributed by atoms with Crippen LogP contribution in [0, 0.1) is 5.21 Å². The molecule has 0 unspecified atom stereocenters. The molecule has 0 atom stereocenters. The van der Waals surface area contributed by atoms with Crippen LogP contribution in [0.1, 0.15) is 10.5 Å². The van der Waals surface area contributed by atoms with E-state index in [1.165, 1.54) is 0 Å². The molecular formula is C4H4N2O5. The molecule has 0 aliphatic heterocycles. The fraction of sp³-hybridized carbons (Fsp3) is 0.250. The number of esters is 1. The summed E-state index contributed by atoms with van der Waals surface area (Å²) in [4.78, 5) is 21.0. The van der Waals surface area contributed by atoms with Crippen LogP contribution < -0.4 is 10.5 Å². The number of nitrogens with zero attached hydrogens (tertiary/aromatic N) is 1. The number of carbonyl (C=O) groups is 1. The third-order valence-electron chi connectivity index (χ3n) is 0.996. The number of rotatable bonds is 1. The van der Waals surface area contributed by atoms with Crippen molar-refractivity contribution >= 4 is 5.97 Å². The fourth-order valence-electron chi connectivity index (χ4n) is 0.523. The van der Waals surface area contributed by atoms with Crippen LogP contribution in [-0.2, 0) is 4.74 Å². The van der Waals surface area contributed by atoms with Gasteiger partial charge in [0.1, 0.15) is 0 Å². The first-order chi connectivity index (χ1) is 5.16. The topological polar surface area (TPSA) is 99.2 Å². The molecule has 1 N–H and O–H groups in total. The molecule has 0 aliphatic carbocycles. The molecule has 0 radical (unpaired) electrons. The Morgan fingerprint density at radius 2 is 2.45 bits per heavy atom. The number of H-pyrrole nitrogens is 1. The predicted molar refractivity (Wildman–Crippen MR) is 29.6 cm³/mol. The largest absolute Gasteiger partial charge is 0.593 e. The lowest BCUT2D eigenvalue weighted by molar-refractivity contribution is -0.681. The second-order valence-corrected chi connectivity index (χ2v) is 1.62. The van der Waals surface area contributed by atoms with E-state index in [-0.39, 0.29) is 4.85 Å². The van der Waals surface area contributed by atoms with Crippen LogP contribution in [0.4, 0.5) is 0 Å². The van der Waals surface area contributed by atoms with Crippen LogP contribution in [0.15, 0.2) is 9.32 Å². The second kappa shape index (κ2) is 2.45. The van der Waals surface area contributed by atoms with Crippen molar-refractivity contribution in [3.63, 3.8) is 0 Å². The van der Waals surface area contributed by atoms with E-state index in [1.54, 1.807) is 5.27 Å². The zero-order valence-corrected chi connectivity index (χ0v) is 5.49. The van der Waals surface area contributed by atoms with Gasteiger partial charge in [0, 0.05) is 0 Å². The molecule has 0 amide bonds. The number of aromatic amines is 1. The van der Waals surface area contributed by atoms with Gasteiger partial charge >= 0.3 is 17.3 Å². The highest BCUT2D eigenvalue weighted by Gasteiger charge is 2.26. The number of aromatic nitrogens is 2. The Morgan fingerprint density at radius 1 is 1.82 bits per heavy atom. The molecule has 0 saturated carbocycles. The summed E-state index contributed by atoms with van der Waals surface area (Å²) in [6.45, 7) is 0. The first-order valence-electron chi connectivity index (χ1n) is 2.56. The van der Waals surface area contributed by atoms with Gasteiger partial charge in [-0.25, -0.2) is 9.59 Å². The van der Waals surface area contributed by atoms with Crippen molar-refractivity contribution in [1.82, 2.24) is 5.27 Å². The number of nitrogens with one attached hydrogen (secondary N) is 1. The van der Waals surface area contributed by atoms with Crippen molar-refractivity contribution < 1.29 is 18.9 Å². The van der Waals surface area contributed by atoms with E-state index < -0.39 is 17.3 Å². The van der Waals surface area contributed by atoms with Crippen LogP contribution >= 0.6 is 0 Å². The van der Waals surface area contributed by atoms with Crippen molar-refractivity contribution in [2.24, 2.45) is 0 Å². The summed E-state index contributed by atoms with van der Waals surface area (Å²) in [5.74, 6) is -1.03. The average Bonchev–Trinajstić information content (AvgIpc) is 2.30. The summed E-state index contributed by atoms with van der Waals surface area (Å²) in [6, 6.07) is 0. The highest BCUT2D eigenvalue weighted by Crippen LogP contribution is 1.83. The van der Waals surface area contributed by atoms with E-state index in [2.05, 4.69) is 9.26 Å². The Hall–Kier alpha value is -1.79. The lowest BCUT2D eigenvalue weighted by Crippen LogP contribution is -2.38. The van der Waals surface area contributed by atoms with E-state index in [1.807, 2.05) is 0 Å². The molecular weight excluding hydrogens is 156 g/mol. The molecule has 1 rings (SSSR count). The summed E-state index contributed by atoms with van der Waals surface area (Å²) in [6.07, 6.45) is 0. The van der Waals surface area contributed by atoms with Gasteiger partial charge in [-0.2, -0.15) is 0 Å². The van der Waals surface area contributed by atoms with Gasteiger partial charge in [0.25, 0.3) is 0 Å². The zero-order chi connectivity index (χ0) is 8.43. The predicted octanol–water partition coefficient (Wildman–Crippen LogP) is -1.61. The molecule has 1 aromatic heterocycles. The minimum atomic E-state index is -1.05. The van der Waals surface area contributed by atoms with Gasteiger partial charge < -0.3 is 9.94 Å². The van der Waals surface area contributed by atoms with Gasteiger partial charge in [-0.05, 0) is 10.1 Å². The highest BCUT2D eigenvalue weighted by molar-refractivity contribution is 5.84. The molecule has 7 heteroatoms. The average molecular weight is 160 g/mol. The molecule has 0 aliphatic rings. The van der Waals surface area contributed by atoms with Crippen LogP contribution in [0.2, 0.25) is 0 Å². The van der Waals surface area contributed by atoms with Crippen molar-refractivity contribution in [2.45, 2.75) is 0 Å². The monoisotopic (exact) mass is 160 g/mol. The van der Waals surface area contributed by atoms with E-state index in [9.17, 15) is 14.8 Å². The third-order valence-corrected chi connectivity index (χ3v) is 0.996. The summed E-state index contributed by atoms with van der Waals surface area (Å²) >= 11 is 0. The molecule has 11 heavy (non-hydrogen) atoms. The molecule has 0 fully saturated rings. The van der Waals surface area contributed by atoms with Gasteiger partial charge in [0.2, 0.25) is 0 Å². The lowest BCUT2D eigenvalue weighted by atomic mass is 10.5. The van der Waals surface area contributed by atoms with Gasteiger partial charge in [-0.15, -0.1) is 0 Å². The lowest BCUT2D eigenvalue weighted by Gasteiger charge is -1.89. The maximum absolute atomic E-state index is 10.6. The fourth-order valence-corrected chi connectivity index (χ4v) is 0.523. The minimum absolute atomic E-state index is 0.103. The smallest absolute Gasteiger partial charge is 0.443 e. The molecule has 0 saturated heterocycles. The SMILES string of the molecule is COC(=O)c1c(=O)o[nH][n+]1[O-]. The maximum atomic E-state index is 10.6. The highest BCUT2D eigenvalue weighted by atomic mass is 16.6. The quantitative estimate of drug-likeness (QED) is 0.302. The van der Waals surface area contributed by atoms with Gasteiger partial charge in [0.15, 0.2) is 0 Å². The van der Waals surface area contributed by atoms with Gasteiger partial charge in [0.05, 0.1) is 7.11 Å². The van der Waals surface area contributed by atoms with Crippen LogP contribution in [0.25, 0.3) is 0 Å². The Bertz CT molecular complexity index is 323. The number of ether oxygens (including phenoxy) is 1. The van der Waals surface area contributed by atoms with Crippen LogP contribution in [0.5, 0.6) is 0 Å². The minimum Gasteiger partial charge on any atom is -0.593 e. The number of hydrogen-bond donors (Lipinski definition) is 1. The second-order valence-electron chi connectivity index (χ2n) is 1.62. The Labute approximate surface area is 59.7 Å². The first kappa shape index (κ1) is 7.32. The number of carbonyl (C=O) groups excluding carboxylic acids is 1. The molecule has 60 valence electrons. The third kappa shape index (κ3) is 1.07. The summed E-state index contributed by atoms with van der Waals surface area (Å²) in [5, 5.41) is 12.1. The van der Waals surface area contributed by atoms with Gasteiger partial charge in [-0.1, -0.05) is 0 Å². The van der Waals surface area contributed by atoms with Crippen molar-refractivity contribution in [3.05, 3.63) is 21.3 Å². The molecule has 0 aromatic carbocycles. The molecule has 1 heterocycles. The van der Waals surface area contributed by atoms with Crippen molar-refractivity contribution in [1.29, 1.82) is 0 Å². The summed E-state index contributed by atoms with van der Waals surface area (Å²) in [7, 11) is 1.05. The number of hydrogen-bond acceptors (Lipinski definition) is 5. The van der Waals surface area contributed by atoms with Crippen molar-refractivity contribution in [2.75, 3.05) is 7.11 Å². The van der Waals surface area contributed by atoms with E-state index in [0.29, 0.717) is 0 Å². The van der Waals surface area contributed by atoms with Crippen LogP contribution in [-0.4, -0.2) is 18.4 Å². The molecule has 7 nitrogen and oxygen atoms in total. The normalized spacial score (nSPS) is 9.55. The number of methoxy groups -OCH3 is 1.